The SMILES string of the molecule is COc1ccc(CN(C)CC(=O)c2cc(C)n(CC(F)(F)F)c2C)cc1F. The molecule has 1 aromatic carbocycles. The monoisotopic (exact) mass is 386 g/mol. The average molecular weight is 386 g/mol. The van der Waals surface area contributed by atoms with Gasteiger partial charge in [-0.3, -0.25) is 9.69 Å². The molecular formula is C19H22F4N2O2. The first kappa shape index (κ1) is 21.0. The van der Waals surface area contributed by atoms with Crippen LogP contribution < -0.4 is 4.74 Å². The van der Waals surface area contributed by atoms with Gasteiger partial charge >= 0.3 is 6.18 Å². The van der Waals surface area contributed by atoms with E-state index in [1.807, 2.05) is 0 Å². The summed E-state index contributed by atoms with van der Waals surface area (Å²) in [6.07, 6.45) is -4.36. The molecule has 27 heavy (non-hydrogen) atoms. The molecule has 0 aliphatic carbocycles. The normalized spacial score (nSPS) is 11.9. The third-order valence-corrected chi connectivity index (χ3v) is 4.29. The highest BCUT2D eigenvalue weighted by Gasteiger charge is 2.30. The summed E-state index contributed by atoms with van der Waals surface area (Å²) in [6.45, 7) is 2.24. The molecule has 0 fully saturated rings. The number of carbonyl (C=O) groups is 1. The van der Waals surface area contributed by atoms with E-state index in [-0.39, 0.29) is 23.6 Å². The summed E-state index contributed by atoms with van der Waals surface area (Å²) in [5.41, 5.74) is 1.60. The van der Waals surface area contributed by atoms with E-state index in [4.69, 9.17) is 4.74 Å². The zero-order chi connectivity index (χ0) is 20.4. The van der Waals surface area contributed by atoms with Crippen LogP contribution in [0.25, 0.3) is 0 Å². The molecule has 2 rings (SSSR count). The number of methoxy groups -OCH3 is 1. The minimum atomic E-state index is -4.36. The van der Waals surface area contributed by atoms with Crippen LogP contribution in [0.5, 0.6) is 5.75 Å². The maximum absolute atomic E-state index is 13.8. The average Bonchev–Trinajstić information content (AvgIpc) is 2.81. The van der Waals surface area contributed by atoms with Gasteiger partial charge in [-0.1, -0.05) is 6.07 Å². The quantitative estimate of drug-likeness (QED) is 0.530. The molecule has 2 aromatic rings. The Morgan fingerprint density at radius 1 is 1.22 bits per heavy atom. The van der Waals surface area contributed by atoms with Crippen molar-refractivity contribution in [2.75, 3.05) is 20.7 Å². The van der Waals surface area contributed by atoms with Gasteiger partial charge in [0.05, 0.1) is 13.7 Å². The Bertz CT molecular complexity index is 828. The molecule has 0 atom stereocenters. The Balaban J connectivity index is 2.08. The van der Waals surface area contributed by atoms with E-state index >= 15 is 0 Å². The number of hydrogen-bond donors (Lipinski definition) is 0. The molecule has 148 valence electrons. The van der Waals surface area contributed by atoms with Crippen molar-refractivity contribution >= 4 is 5.78 Å². The molecule has 0 aliphatic rings. The number of hydrogen-bond acceptors (Lipinski definition) is 3. The van der Waals surface area contributed by atoms with Crippen LogP contribution in [-0.2, 0) is 13.1 Å². The van der Waals surface area contributed by atoms with Crippen molar-refractivity contribution in [3.63, 3.8) is 0 Å². The molecule has 0 bridgehead atoms. The van der Waals surface area contributed by atoms with Gasteiger partial charge in [0.2, 0.25) is 0 Å². The molecule has 0 radical (unpaired) electrons. The van der Waals surface area contributed by atoms with Crippen molar-refractivity contribution in [3.8, 4) is 5.75 Å². The van der Waals surface area contributed by atoms with Crippen LogP contribution in [-0.4, -0.2) is 42.1 Å². The van der Waals surface area contributed by atoms with Crippen LogP contribution in [0.4, 0.5) is 17.6 Å². The van der Waals surface area contributed by atoms with Gasteiger partial charge in [0.25, 0.3) is 0 Å². The lowest BCUT2D eigenvalue weighted by molar-refractivity contribution is -0.141. The first-order valence-corrected chi connectivity index (χ1v) is 8.29. The number of ether oxygens (including phenoxy) is 1. The van der Waals surface area contributed by atoms with Crippen molar-refractivity contribution in [3.05, 3.63) is 52.6 Å². The summed E-state index contributed by atoms with van der Waals surface area (Å²) in [7, 11) is 3.06. The molecule has 0 N–H and O–H groups in total. The van der Waals surface area contributed by atoms with E-state index in [2.05, 4.69) is 0 Å². The minimum Gasteiger partial charge on any atom is -0.494 e. The second-order valence-corrected chi connectivity index (χ2v) is 6.55. The molecule has 8 heteroatoms. The fraction of sp³-hybridized carbons (Fsp3) is 0.421. The fourth-order valence-electron chi connectivity index (χ4n) is 3.01. The Morgan fingerprint density at radius 3 is 2.44 bits per heavy atom. The van der Waals surface area contributed by atoms with E-state index in [1.165, 1.54) is 32.2 Å². The van der Waals surface area contributed by atoms with Gasteiger partial charge in [0.1, 0.15) is 6.54 Å². The highest BCUT2D eigenvalue weighted by Crippen LogP contribution is 2.24. The van der Waals surface area contributed by atoms with Gasteiger partial charge in [-0.15, -0.1) is 0 Å². The molecular weight excluding hydrogens is 364 g/mol. The van der Waals surface area contributed by atoms with E-state index < -0.39 is 18.5 Å². The van der Waals surface area contributed by atoms with Crippen molar-refractivity contribution in [1.29, 1.82) is 0 Å². The summed E-state index contributed by atoms with van der Waals surface area (Å²) < 4.78 is 57.8. The number of benzene rings is 1. The summed E-state index contributed by atoms with van der Waals surface area (Å²) in [6, 6.07) is 6.00. The Labute approximate surface area is 155 Å². The van der Waals surface area contributed by atoms with E-state index in [9.17, 15) is 22.4 Å². The molecule has 0 amide bonds. The van der Waals surface area contributed by atoms with Crippen LogP contribution in [0.15, 0.2) is 24.3 Å². The van der Waals surface area contributed by atoms with Crippen LogP contribution in [0.2, 0.25) is 0 Å². The minimum absolute atomic E-state index is 0.00393. The number of alkyl halides is 3. The van der Waals surface area contributed by atoms with E-state index in [1.54, 1.807) is 24.9 Å². The molecule has 0 aliphatic heterocycles. The second-order valence-electron chi connectivity index (χ2n) is 6.55. The maximum Gasteiger partial charge on any atom is 0.406 e. The second kappa shape index (κ2) is 8.12. The number of aromatic nitrogens is 1. The van der Waals surface area contributed by atoms with E-state index in [0.29, 0.717) is 23.5 Å². The predicted octanol–water partition coefficient (Wildman–Crippen LogP) is 4.13. The summed E-state index contributed by atoms with van der Waals surface area (Å²) in [4.78, 5) is 14.2. The first-order valence-electron chi connectivity index (χ1n) is 8.29. The largest absolute Gasteiger partial charge is 0.494 e. The number of rotatable bonds is 7. The van der Waals surface area contributed by atoms with Gasteiger partial charge < -0.3 is 9.30 Å². The Morgan fingerprint density at radius 2 is 1.89 bits per heavy atom. The summed E-state index contributed by atoms with van der Waals surface area (Å²) >= 11 is 0. The number of carbonyl (C=O) groups excluding carboxylic acids is 1. The fourth-order valence-corrected chi connectivity index (χ4v) is 3.01. The van der Waals surface area contributed by atoms with Crippen LogP contribution in [0, 0.1) is 19.7 Å². The molecule has 0 unspecified atom stereocenters. The summed E-state index contributed by atoms with van der Waals surface area (Å²) in [5, 5.41) is 0. The standard InChI is InChI=1S/C19H22F4N2O2/c1-12-7-15(13(2)25(12)11-19(21,22)23)17(26)10-24(3)9-14-5-6-18(27-4)16(20)8-14/h5-8H,9-11H2,1-4H3. The lowest BCUT2D eigenvalue weighted by atomic mass is 10.1. The molecule has 1 heterocycles. The number of halogens is 4. The number of Topliss-reactive ketones (excluding diaryl/α,β-unsaturated/α-hetero) is 1. The Kier molecular flexibility index (Phi) is 6.30. The van der Waals surface area contributed by atoms with E-state index in [0.717, 1.165) is 4.57 Å². The van der Waals surface area contributed by atoms with Crippen molar-refractivity contribution in [1.82, 2.24) is 9.47 Å². The lowest BCUT2D eigenvalue weighted by Gasteiger charge is -2.17. The van der Waals surface area contributed by atoms with Crippen molar-refractivity contribution < 1.29 is 27.1 Å². The third-order valence-electron chi connectivity index (χ3n) is 4.29. The van der Waals surface area contributed by atoms with Crippen LogP contribution in [0.1, 0.15) is 27.3 Å². The predicted molar refractivity (Wildman–Crippen MR) is 93.6 cm³/mol. The molecule has 1 aromatic heterocycles. The molecule has 0 spiro atoms. The number of nitrogens with zero attached hydrogens (tertiary/aromatic N) is 2. The smallest absolute Gasteiger partial charge is 0.406 e. The Hall–Kier alpha value is -2.35. The van der Waals surface area contributed by atoms with Gasteiger partial charge in [0.15, 0.2) is 17.3 Å². The third kappa shape index (κ3) is 5.32. The van der Waals surface area contributed by atoms with Crippen LogP contribution in [0.3, 0.4) is 0 Å². The zero-order valence-electron chi connectivity index (χ0n) is 15.7. The highest BCUT2D eigenvalue weighted by atomic mass is 19.4. The number of aryl methyl sites for hydroxylation is 1. The highest BCUT2D eigenvalue weighted by molar-refractivity contribution is 5.99. The maximum atomic E-state index is 13.8. The molecule has 4 nitrogen and oxygen atoms in total. The zero-order valence-corrected chi connectivity index (χ0v) is 15.7. The number of ketones is 1. The van der Waals surface area contributed by atoms with Crippen molar-refractivity contribution in [2.45, 2.75) is 33.1 Å². The summed E-state index contributed by atoms with van der Waals surface area (Å²) in [5.74, 6) is -0.645. The van der Waals surface area contributed by atoms with Gasteiger partial charge in [-0.2, -0.15) is 13.2 Å². The topological polar surface area (TPSA) is 34.5 Å². The van der Waals surface area contributed by atoms with Gasteiger partial charge in [0, 0.05) is 23.5 Å². The van der Waals surface area contributed by atoms with Crippen LogP contribution >= 0.6 is 0 Å². The lowest BCUT2D eigenvalue weighted by Crippen LogP contribution is -2.26. The molecule has 0 saturated heterocycles. The number of likely N-dealkylation sites (N-methyl/N-ethyl adjacent to an activating group) is 1. The van der Waals surface area contributed by atoms with Gasteiger partial charge in [-0.05, 0) is 44.7 Å². The van der Waals surface area contributed by atoms with Gasteiger partial charge in [-0.25, -0.2) is 4.39 Å². The molecule has 0 saturated carbocycles. The van der Waals surface area contributed by atoms with Crippen molar-refractivity contribution in [2.24, 2.45) is 0 Å². The first-order chi connectivity index (χ1) is 12.5.